The maximum absolute atomic E-state index is 12.6. The third-order valence-electron chi connectivity index (χ3n) is 4.10. The lowest BCUT2D eigenvalue weighted by Crippen LogP contribution is -2.52. The Morgan fingerprint density at radius 1 is 1.24 bits per heavy atom. The van der Waals surface area contributed by atoms with Crippen molar-refractivity contribution in [2.45, 2.75) is 58.9 Å². The van der Waals surface area contributed by atoms with Crippen LogP contribution < -0.4 is 10.6 Å². The number of nitrogens with one attached hydrogen (secondary N) is 2. The van der Waals surface area contributed by atoms with E-state index in [4.69, 9.17) is 0 Å². The number of amides is 2. The van der Waals surface area contributed by atoms with Gasteiger partial charge in [-0.05, 0) is 38.1 Å². The number of piperidine rings is 1. The highest BCUT2D eigenvalue weighted by molar-refractivity contribution is 5.87. The molecule has 1 heterocycles. The number of carbonyl (C=O) groups is 2. The van der Waals surface area contributed by atoms with Crippen LogP contribution in [0.5, 0.6) is 0 Å². The number of hydrogen-bond donors (Lipinski definition) is 2. The summed E-state index contributed by atoms with van der Waals surface area (Å²) in [6, 6.07) is -0.116. The van der Waals surface area contributed by atoms with Gasteiger partial charge in [-0.25, -0.2) is 0 Å². The Labute approximate surface area is 128 Å². The van der Waals surface area contributed by atoms with Gasteiger partial charge < -0.3 is 15.5 Å². The van der Waals surface area contributed by atoms with Crippen molar-refractivity contribution in [3.05, 3.63) is 0 Å². The average Bonchev–Trinajstić information content (AvgIpc) is 2.51. The highest BCUT2D eigenvalue weighted by Crippen LogP contribution is 2.20. The molecule has 0 aromatic carbocycles. The van der Waals surface area contributed by atoms with Gasteiger partial charge in [0.1, 0.15) is 0 Å². The smallest absolute Gasteiger partial charge is 0.240 e. The third-order valence-corrected chi connectivity index (χ3v) is 4.10. The molecule has 0 radical (unpaired) electrons. The first kappa shape index (κ1) is 18.0. The maximum Gasteiger partial charge on any atom is 0.240 e. The summed E-state index contributed by atoms with van der Waals surface area (Å²) in [4.78, 5) is 26.2. The zero-order valence-electron chi connectivity index (χ0n) is 13.8. The first-order valence-corrected chi connectivity index (χ1v) is 8.41. The topological polar surface area (TPSA) is 61.4 Å². The Balaban J connectivity index is 2.57. The van der Waals surface area contributed by atoms with Crippen LogP contribution in [0.25, 0.3) is 0 Å². The van der Waals surface area contributed by atoms with Crippen LogP contribution in [0.4, 0.5) is 0 Å². The fraction of sp³-hybridized carbons (Fsp3) is 0.875. The third kappa shape index (κ3) is 6.04. The molecule has 2 atom stereocenters. The molecule has 2 amide bonds. The van der Waals surface area contributed by atoms with E-state index in [0.717, 1.165) is 38.6 Å². The van der Waals surface area contributed by atoms with Gasteiger partial charge in [0, 0.05) is 13.1 Å². The molecule has 1 rings (SSSR count). The molecular weight excluding hydrogens is 266 g/mol. The summed E-state index contributed by atoms with van der Waals surface area (Å²) < 4.78 is 0. The zero-order valence-corrected chi connectivity index (χ0v) is 13.8. The minimum Gasteiger partial charge on any atom is -0.355 e. The van der Waals surface area contributed by atoms with Crippen molar-refractivity contribution in [3.63, 3.8) is 0 Å². The van der Waals surface area contributed by atoms with E-state index >= 15 is 0 Å². The molecule has 1 saturated heterocycles. The van der Waals surface area contributed by atoms with Crippen LogP contribution in [0, 0.1) is 5.92 Å². The van der Waals surface area contributed by atoms with Crippen molar-refractivity contribution in [1.82, 2.24) is 15.5 Å². The first-order chi connectivity index (χ1) is 10.1. The van der Waals surface area contributed by atoms with E-state index in [0.29, 0.717) is 19.0 Å². The van der Waals surface area contributed by atoms with Crippen LogP contribution in [-0.4, -0.2) is 48.9 Å². The van der Waals surface area contributed by atoms with E-state index in [2.05, 4.69) is 17.6 Å². The molecule has 21 heavy (non-hydrogen) atoms. The van der Waals surface area contributed by atoms with Gasteiger partial charge in [0.05, 0.1) is 12.6 Å². The van der Waals surface area contributed by atoms with Crippen LogP contribution >= 0.6 is 0 Å². The fourth-order valence-corrected chi connectivity index (χ4v) is 2.81. The van der Waals surface area contributed by atoms with Crippen molar-refractivity contribution in [3.8, 4) is 0 Å². The van der Waals surface area contributed by atoms with Gasteiger partial charge in [-0.1, -0.05) is 27.2 Å². The highest BCUT2D eigenvalue weighted by atomic mass is 16.2. The van der Waals surface area contributed by atoms with Gasteiger partial charge >= 0.3 is 0 Å². The summed E-state index contributed by atoms with van der Waals surface area (Å²) in [5.41, 5.74) is 0. The molecule has 2 N–H and O–H groups in total. The van der Waals surface area contributed by atoms with Crippen LogP contribution in [0.2, 0.25) is 0 Å². The fourth-order valence-electron chi connectivity index (χ4n) is 2.81. The quantitative estimate of drug-likeness (QED) is 0.714. The Hall–Kier alpha value is -1.10. The van der Waals surface area contributed by atoms with Gasteiger partial charge in [-0.2, -0.15) is 0 Å². The lowest BCUT2D eigenvalue weighted by molar-refractivity contribution is -0.138. The summed E-state index contributed by atoms with van der Waals surface area (Å²) >= 11 is 0. The van der Waals surface area contributed by atoms with Crippen LogP contribution in [-0.2, 0) is 9.59 Å². The molecule has 0 saturated carbocycles. The molecule has 5 nitrogen and oxygen atoms in total. The number of rotatable bonds is 8. The summed E-state index contributed by atoms with van der Waals surface area (Å²) in [6.45, 7) is 8.64. The molecule has 0 aromatic heterocycles. The normalized spacial score (nSPS) is 21.9. The van der Waals surface area contributed by atoms with Gasteiger partial charge in [-0.3, -0.25) is 9.59 Å². The Kier molecular flexibility index (Phi) is 8.35. The van der Waals surface area contributed by atoms with Crippen molar-refractivity contribution >= 4 is 11.8 Å². The SMILES string of the molecule is CCCNC(=O)CN(CCC)C(=O)C1CC(CC)CCN1. The second-order valence-corrected chi connectivity index (χ2v) is 5.92. The maximum atomic E-state index is 12.6. The predicted octanol–water partition coefficient (Wildman–Crippen LogP) is 1.53. The minimum absolute atomic E-state index is 0.0542. The van der Waals surface area contributed by atoms with Crippen molar-refractivity contribution in [1.29, 1.82) is 0 Å². The molecule has 2 unspecified atom stereocenters. The number of nitrogens with zero attached hydrogens (tertiary/aromatic N) is 1. The standard InChI is InChI=1S/C16H31N3O2/c1-4-8-18-15(20)12-19(10-5-2)16(21)14-11-13(6-3)7-9-17-14/h13-14,17H,4-12H2,1-3H3,(H,18,20). The number of hydrogen-bond acceptors (Lipinski definition) is 3. The molecule has 1 fully saturated rings. The molecule has 0 aromatic rings. The molecule has 0 spiro atoms. The highest BCUT2D eigenvalue weighted by Gasteiger charge is 2.29. The largest absolute Gasteiger partial charge is 0.355 e. The van der Waals surface area contributed by atoms with Crippen LogP contribution in [0.3, 0.4) is 0 Å². The second kappa shape index (κ2) is 9.77. The monoisotopic (exact) mass is 297 g/mol. The van der Waals surface area contributed by atoms with Gasteiger partial charge in [0.15, 0.2) is 0 Å². The lowest BCUT2D eigenvalue weighted by atomic mass is 9.90. The Morgan fingerprint density at radius 2 is 2.00 bits per heavy atom. The van der Waals surface area contributed by atoms with E-state index in [1.807, 2.05) is 13.8 Å². The molecule has 5 heteroatoms. The first-order valence-electron chi connectivity index (χ1n) is 8.41. The lowest BCUT2D eigenvalue weighted by Gasteiger charge is -2.33. The molecule has 122 valence electrons. The second-order valence-electron chi connectivity index (χ2n) is 5.92. The van der Waals surface area contributed by atoms with E-state index < -0.39 is 0 Å². The molecule has 1 aliphatic heterocycles. The van der Waals surface area contributed by atoms with Crippen molar-refractivity contribution < 1.29 is 9.59 Å². The molecular formula is C16H31N3O2. The van der Waals surface area contributed by atoms with Gasteiger partial charge in [0.2, 0.25) is 11.8 Å². The molecule has 1 aliphatic rings. The van der Waals surface area contributed by atoms with Crippen LogP contribution in [0.15, 0.2) is 0 Å². The zero-order chi connectivity index (χ0) is 15.7. The van der Waals surface area contributed by atoms with E-state index in [9.17, 15) is 9.59 Å². The van der Waals surface area contributed by atoms with E-state index in [-0.39, 0.29) is 24.4 Å². The van der Waals surface area contributed by atoms with Crippen molar-refractivity contribution in [2.24, 2.45) is 5.92 Å². The predicted molar refractivity (Wildman–Crippen MR) is 85.0 cm³/mol. The Bertz CT molecular complexity index is 333. The van der Waals surface area contributed by atoms with Crippen LogP contribution in [0.1, 0.15) is 52.9 Å². The summed E-state index contributed by atoms with van der Waals surface area (Å²) in [5, 5.41) is 6.16. The van der Waals surface area contributed by atoms with Gasteiger partial charge in [-0.15, -0.1) is 0 Å². The van der Waals surface area contributed by atoms with E-state index in [1.165, 1.54) is 0 Å². The van der Waals surface area contributed by atoms with Crippen molar-refractivity contribution in [2.75, 3.05) is 26.2 Å². The average molecular weight is 297 g/mol. The molecule has 0 aliphatic carbocycles. The minimum atomic E-state index is -0.116. The molecule has 0 bridgehead atoms. The summed E-state index contributed by atoms with van der Waals surface area (Å²) in [5.74, 6) is 0.653. The summed E-state index contributed by atoms with van der Waals surface area (Å²) in [6.07, 6.45) is 4.94. The van der Waals surface area contributed by atoms with E-state index in [1.54, 1.807) is 4.90 Å². The van der Waals surface area contributed by atoms with Gasteiger partial charge in [0.25, 0.3) is 0 Å². The Morgan fingerprint density at radius 3 is 2.62 bits per heavy atom. The number of carbonyl (C=O) groups excluding carboxylic acids is 2. The summed E-state index contributed by atoms with van der Waals surface area (Å²) in [7, 11) is 0.